The zero-order chi connectivity index (χ0) is 14.9. The molecule has 0 aliphatic carbocycles. The first-order chi connectivity index (χ1) is 9.38. The summed E-state index contributed by atoms with van der Waals surface area (Å²) in [5.41, 5.74) is 7.44. The van der Waals surface area contributed by atoms with Gasteiger partial charge in [-0.15, -0.1) is 0 Å². The lowest BCUT2D eigenvalue weighted by atomic mass is 10.2. The molecule has 0 saturated heterocycles. The Kier molecular flexibility index (Phi) is 4.15. The van der Waals surface area contributed by atoms with E-state index in [9.17, 15) is 9.59 Å². The van der Waals surface area contributed by atoms with Gasteiger partial charge in [-0.1, -0.05) is 22.9 Å². The second-order valence-corrected chi connectivity index (χ2v) is 5.98. The summed E-state index contributed by atoms with van der Waals surface area (Å²) in [5.74, 6) is -0.304. The molecule has 106 valence electrons. The number of halogens is 1. The minimum Gasteiger partial charge on any atom is -0.397 e. The van der Waals surface area contributed by atoms with Crippen molar-refractivity contribution < 1.29 is 4.79 Å². The molecule has 0 bridgehead atoms. The SMILES string of the molecule is Cc1sc(=O)n(CC(=O)Nc2ccc(Cl)cc2N)c1C. The van der Waals surface area contributed by atoms with E-state index in [0.29, 0.717) is 16.4 Å². The molecule has 0 radical (unpaired) electrons. The minimum absolute atomic E-state index is 0.0307. The molecule has 7 heteroatoms. The van der Waals surface area contributed by atoms with Gasteiger partial charge in [0, 0.05) is 15.6 Å². The first-order valence-corrected chi connectivity index (χ1v) is 7.09. The van der Waals surface area contributed by atoms with Crippen LogP contribution >= 0.6 is 22.9 Å². The lowest BCUT2D eigenvalue weighted by molar-refractivity contribution is -0.116. The van der Waals surface area contributed by atoms with Crippen molar-refractivity contribution in [3.63, 3.8) is 0 Å². The van der Waals surface area contributed by atoms with Crippen LogP contribution in [0.4, 0.5) is 11.4 Å². The first-order valence-electron chi connectivity index (χ1n) is 5.90. The number of nitrogen functional groups attached to an aromatic ring is 1. The summed E-state index contributed by atoms with van der Waals surface area (Å²) in [6, 6.07) is 4.83. The number of carbonyl (C=O) groups excluding carboxylic acids is 1. The number of thiazole rings is 1. The van der Waals surface area contributed by atoms with Crippen LogP contribution in [-0.2, 0) is 11.3 Å². The average Bonchev–Trinajstić information content (AvgIpc) is 2.60. The van der Waals surface area contributed by atoms with E-state index in [1.807, 2.05) is 13.8 Å². The molecular weight excluding hydrogens is 298 g/mol. The Balaban J connectivity index is 2.15. The van der Waals surface area contributed by atoms with E-state index in [2.05, 4.69) is 5.32 Å². The molecule has 1 aromatic carbocycles. The van der Waals surface area contributed by atoms with Crippen molar-refractivity contribution in [3.05, 3.63) is 43.5 Å². The molecule has 0 aliphatic rings. The molecule has 2 rings (SSSR count). The van der Waals surface area contributed by atoms with Gasteiger partial charge in [-0.05, 0) is 32.0 Å². The van der Waals surface area contributed by atoms with Gasteiger partial charge in [0.1, 0.15) is 6.54 Å². The number of hydrogen-bond donors (Lipinski definition) is 2. The highest BCUT2D eigenvalue weighted by molar-refractivity contribution is 7.09. The molecule has 1 heterocycles. The highest BCUT2D eigenvalue weighted by atomic mass is 35.5. The van der Waals surface area contributed by atoms with Crippen LogP contribution in [0.25, 0.3) is 0 Å². The fourth-order valence-electron chi connectivity index (χ4n) is 1.75. The van der Waals surface area contributed by atoms with Crippen LogP contribution in [0.5, 0.6) is 0 Å². The molecule has 0 atom stereocenters. The lowest BCUT2D eigenvalue weighted by Gasteiger charge is -2.09. The largest absolute Gasteiger partial charge is 0.397 e. The van der Waals surface area contributed by atoms with Crippen molar-refractivity contribution in [1.29, 1.82) is 0 Å². The maximum Gasteiger partial charge on any atom is 0.308 e. The number of aromatic nitrogens is 1. The molecule has 1 aromatic heterocycles. The number of nitrogens with one attached hydrogen (secondary N) is 1. The van der Waals surface area contributed by atoms with Gasteiger partial charge in [0.25, 0.3) is 0 Å². The van der Waals surface area contributed by atoms with E-state index in [4.69, 9.17) is 17.3 Å². The van der Waals surface area contributed by atoms with E-state index in [1.165, 1.54) is 4.57 Å². The third kappa shape index (κ3) is 3.02. The normalized spacial score (nSPS) is 10.6. The Bertz CT molecular complexity index is 721. The predicted molar refractivity (Wildman–Crippen MR) is 82.5 cm³/mol. The fraction of sp³-hybridized carbons (Fsp3) is 0.231. The third-order valence-corrected chi connectivity index (χ3v) is 4.20. The summed E-state index contributed by atoms with van der Waals surface area (Å²) in [7, 11) is 0. The maximum atomic E-state index is 12.0. The number of hydrogen-bond acceptors (Lipinski definition) is 4. The van der Waals surface area contributed by atoms with Gasteiger partial charge in [0.15, 0.2) is 0 Å². The Labute approximate surface area is 125 Å². The molecule has 0 unspecified atom stereocenters. The van der Waals surface area contributed by atoms with E-state index >= 15 is 0 Å². The Morgan fingerprint density at radius 2 is 2.15 bits per heavy atom. The molecule has 0 spiro atoms. The van der Waals surface area contributed by atoms with Crippen LogP contribution < -0.4 is 15.9 Å². The molecule has 0 fully saturated rings. The zero-order valence-corrected chi connectivity index (χ0v) is 12.6. The molecular formula is C13H14ClN3O2S. The highest BCUT2D eigenvalue weighted by Crippen LogP contribution is 2.22. The van der Waals surface area contributed by atoms with Gasteiger partial charge in [-0.3, -0.25) is 14.2 Å². The van der Waals surface area contributed by atoms with Crippen molar-refractivity contribution >= 4 is 40.2 Å². The van der Waals surface area contributed by atoms with E-state index in [0.717, 1.165) is 21.9 Å². The van der Waals surface area contributed by atoms with Crippen LogP contribution in [-0.4, -0.2) is 10.5 Å². The molecule has 5 nitrogen and oxygen atoms in total. The molecule has 3 N–H and O–H groups in total. The van der Waals surface area contributed by atoms with Gasteiger partial charge < -0.3 is 11.1 Å². The van der Waals surface area contributed by atoms with Crippen molar-refractivity contribution in [2.24, 2.45) is 0 Å². The van der Waals surface area contributed by atoms with Crippen LogP contribution in [0.1, 0.15) is 10.6 Å². The summed E-state index contributed by atoms with van der Waals surface area (Å²) >= 11 is 6.93. The van der Waals surface area contributed by atoms with Crippen molar-refractivity contribution in [1.82, 2.24) is 4.57 Å². The minimum atomic E-state index is -0.304. The fourth-order valence-corrected chi connectivity index (χ4v) is 2.76. The smallest absolute Gasteiger partial charge is 0.308 e. The summed E-state index contributed by atoms with van der Waals surface area (Å²) in [6.07, 6.45) is 0. The number of nitrogens with two attached hydrogens (primary N) is 1. The number of rotatable bonds is 3. The Morgan fingerprint density at radius 3 is 2.70 bits per heavy atom. The van der Waals surface area contributed by atoms with Crippen LogP contribution in [0.2, 0.25) is 5.02 Å². The second-order valence-electron chi connectivity index (χ2n) is 4.38. The third-order valence-electron chi connectivity index (χ3n) is 2.96. The zero-order valence-electron chi connectivity index (χ0n) is 11.1. The standard InChI is InChI=1S/C13H14ClN3O2S/c1-7-8(2)20-13(19)17(7)6-12(18)16-11-4-3-9(14)5-10(11)15/h3-5H,6,15H2,1-2H3,(H,16,18). The summed E-state index contributed by atoms with van der Waals surface area (Å²) in [6.45, 7) is 3.64. The molecule has 1 amide bonds. The van der Waals surface area contributed by atoms with Gasteiger partial charge in [0.05, 0.1) is 11.4 Å². The Morgan fingerprint density at radius 1 is 1.45 bits per heavy atom. The first kappa shape index (κ1) is 14.6. The monoisotopic (exact) mass is 311 g/mol. The lowest BCUT2D eigenvalue weighted by Crippen LogP contribution is -2.25. The number of aryl methyl sites for hydroxylation is 1. The van der Waals surface area contributed by atoms with Gasteiger partial charge in [0.2, 0.25) is 5.91 Å². The van der Waals surface area contributed by atoms with Crippen molar-refractivity contribution in [2.75, 3.05) is 11.1 Å². The number of carbonyl (C=O) groups is 1. The van der Waals surface area contributed by atoms with E-state index < -0.39 is 0 Å². The highest BCUT2D eigenvalue weighted by Gasteiger charge is 2.12. The number of anilines is 2. The Hall–Kier alpha value is -1.79. The number of benzene rings is 1. The number of amides is 1. The van der Waals surface area contributed by atoms with Crippen molar-refractivity contribution in [2.45, 2.75) is 20.4 Å². The average molecular weight is 312 g/mol. The van der Waals surface area contributed by atoms with Crippen LogP contribution in [0.15, 0.2) is 23.0 Å². The topological polar surface area (TPSA) is 77.1 Å². The second kappa shape index (κ2) is 5.68. The van der Waals surface area contributed by atoms with Gasteiger partial charge in [-0.25, -0.2) is 0 Å². The summed E-state index contributed by atoms with van der Waals surface area (Å²) in [5, 5.41) is 3.17. The van der Waals surface area contributed by atoms with E-state index in [-0.39, 0.29) is 17.3 Å². The molecule has 20 heavy (non-hydrogen) atoms. The predicted octanol–water partition coefficient (Wildman–Crippen LogP) is 2.40. The maximum absolute atomic E-state index is 12.0. The quantitative estimate of drug-likeness (QED) is 0.854. The van der Waals surface area contributed by atoms with Crippen LogP contribution in [0.3, 0.4) is 0 Å². The van der Waals surface area contributed by atoms with E-state index in [1.54, 1.807) is 18.2 Å². The number of nitrogens with zero attached hydrogens (tertiary/aromatic N) is 1. The molecule has 2 aromatic rings. The molecule has 0 saturated carbocycles. The summed E-state index contributed by atoms with van der Waals surface area (Å²) in [4.78, 5) is 24.5. The van der Waals surface area contributed by atoms with Gasteiger partial charge >= 0.3 is 4.87 Å². The van der Waals surface area contributed by atoms with Gasteiger partial charge in [-0.2, -0.15) is 0 Å². The van der Waals surface area contributed by atoms with Crippen LogP contribution in [0, 0.1) is 13.8 Å². The summed E-state index contributed by atoms with van der Waals surface area (Å²) < 4.78 is 1.45. The molecule has 0 aliphatic heterocycles. The van der Waals surface area contributed by atoms with Crippen molar-refractivity contribution in [3.8, 4) is 0 Å².